The summed E-state index contributed by atoms with van der Waals surface area (Å²) in [4.78, 5) is 15.1. The molecule has 2 heterocycles. The highest BCUT2D eigenvalue weighted by atomic mass is 32.2. The maximum Gasteiger partial charge on any atom is 0.267 e. The monoisotopic (exact) mass is 307 g/mol. The maximum absolute atomic E-state index is 12.1. The number of anilines is 1. The lowest BCUT2D eigenvalue weighted by molar-refractivity contribution is 0.0949. The van der Waals surface area contributed by atoms with Crippen LogP contribution in [0.3, 0.4) is 0 Å². The summed E-state index contributed by atoms with van der Waals surface area (Å²) in [6.45, 7) is 0.159. The number of sulfone groups is 1. The lowest BCUT2D eigenvalue weighted by Crippen LogP contribution is -2.34. The van der Waals surface area contributed by atoms with Crippen LogP contribution < -0.4 is 11.1 Å². The largest absolute Gasteiger partial charge is 0.397 e. The number of fused-ring (bicyclic) bond motifs is 1. The van der Waals surface area contributed by atoms with Crippen molar-refractivity contribution >= 4 is 32.3 Å². The number of hydrogen-bond acceptors (Lipinski definition) is 4. The fourth-order valence-corrected chi connectivity index (χ4v) is 4.46. The molecule has 7 heteroatoms. The zero-order chi connectivity index (χ0) is 15.0. The molecule has 1 aliphatic rings. The summed E-state index contributed by atoms with van der Waals surface area (Å²) >= 11 is 0. The molecule has 1 amide bonds. The van der Waals surface area contributed by atoms with Crippen molar-refractivity contribution in [3.63, 3.8) is 0 Å². The van der Waals surface area contributed by atoms with E-state index in [1.165, 1.54) is 0 Å². The minimum atomic E-state index is -3.04. The topological polar surface area (TPSA) is 105 Å². The van der Waals surface area contributed by atoms with E-state index in [4.69, 9.17) is 5.73 Å². The standard InChI is InChI=1S/C14H17N3O3S/c15-11-5-1-3-9-7-12(17-13(9)11)14(18)16-8-10-4-2-6-21(10,19)20/h1,3,5,7,10,17H,2,4,6,8,15H2,(H,16,18). The highest BCUT2D eigenvalue weighted by Crippen LogP contribution is 2.22. The van der Waals surface area contributed by atoms with Crippen LogP contribution in [-0.4, -0.2) is 36.9 Å². The van der Waals surface area contributed by atoms with E-state index in [9.17, 15) is 13.2 Å². The average molecular weight is 307 g/mol. The fraction of sp³-hybridized carbons (Fsp3) is 0.357. The Labute approximate surface area is 122 Å². The molecule has 1 aromatic carbocycles. The second-order valence-electron chi connectivity index (χ2n) is 5.34. The number of nitrogens with two attached hydrogens (primary N) is 1. The number of carbonyl (C=O) groups excluding carboxylic acids is 1. The van der Waals surface area contributed by atoms with Crippen LogP contribution in [0.15, 0.2) is 24.3 Å². The Hall–Kier alpha value is -2.02. The molecule has 1 fully saturated rings. The zero-order valence-corrected chi connectivity index (χ0v) is 12.2. The third kappa shape index (κ3) is 2.61. The van der Waals surface area contributed by atoms with E-state index in [1.807, 2.05) is 12.1 Å². The summed E-state index contributed by atoms with van der Waals surface area (Å²) in [5.41, 5.74) is 7.52. The minimum absolute atomic E-state index is 0.159. The number of nitrogen functional groups attached to an aromatic ring is 1. The van der Waals surface area contributed by atoms with Crippen molar-refractivity contribution in [3.05, 3.63) is 30.0 Å². The van der Waals surface area contributed by atoms with E-state index in [0.29, 0.717) is 24.2 Å². The van der Waals surface area contributed by atoms with Crippen LogP contribution in [-0.2, 0) is 9.84 Å². The average Bonchev–Trinajstić information content (AvgIpc) is 3.00. The number of aromatic nitrogens is 1. The normalized spacial score (nSPS) is 20.7. The third-order valence-corrected chi connectivity index (χ3v) is 6.16. The van der Waals surface area contributed by atoms with Gasteiger partial charge in [0.05, 0.1) is 22.2 Å². The van der Waals surface area contributed by atoms with Crippen molar-refractivity contribution in [3.8, 4) is 0 Å². The highest BCUT2D eigenvalue weighted by Gasteiger charge is 2.31. The molecule has 1 unspecified atom stereocenters. The molecule has 0 aliphatic carbocycles. The number of nitrogens with one attached hydrogen (secondary N) is 2. The van der Waals surface area contributed by atoms with Gasteiger partial charge in [0.25, 0.3) is 5.91 Å². The number of benzene rings is 1. The lowest BCUT2D eigenvalue weighted by Gasteiger charge is -2.09. The summed E-state index contributed by atoms with van der Waals surface area (Å²) in [6, 6.07) is 7.15. The van der Waals surface area contributed by atoms with E-state index >= 15 is 0 Å². The number of H-pyrrole nitrogens is 1. The van der Waals surface area contributed by atoms with E-state index in [0.717, 1.165) is 10.9 Å². The number of carbonyl (C=O) groups is 1. The Bertz CT molecular complexity index is 795. The summed E-state index contributed by atoms with van der Waals surface area (Å²) in [5, 5.41) is 3.08. The van der Waals surface area contributed by atoms with E-state index in [-0.39, 0.29) is 18.2 Å². The molecular weight excluding hydrogens is 290 g/mol. The van der Waals surface area contributed by atoms with Gasteiger partial charge in [0.1, 0.15) is 5.69 Å². The molecule has 1 atom stereocenters. The van der Waals surface area contributed by atoms with Crippen LogP contribution in [0.1, 0.15) is 23.3 Å². The Morgan fingerprint density at radius 2 is 2.24 bits per heavy atom. The number of rotatable bonds is 3. The molecule has 112 valence electrons. The third-order valence-electron chi connectivity index (χ3n) is 3.89. The van der Waals surface area contributed by atoms with Gasteiger partial charge in [-0.05, 0) is 25.0 Å². The van der Waals surface area contributed by atoms with Crippen LogP contribution in [0.4, 0.5) is 5.69 Å². The molecule has 6 nitrogen and oxygen atoms in total. The SMILES string of the molecule is Nc1cccc2cc(C(=O)NCC3CCCS3(=O)=O)[nH]c12. The van der Waals surface area contributed by atoms with Gasteiger partial charge >= 0.3 is 0 Å². The Morgan fingerprint density at radius 1 is 1.43 bits per heavy atom. The molecule has 1 saturated heterocycles. The van der Waals surface area contributed by atoms with Crippen molar-refractivity contribution in [2.45, 2.75) is 18.1 Å². The molecule has 3 rings (SSSR count). The first-order chi connectivity index (χ1) is 9.97. The van der Waals surface area contributed by atoms with Crippen LogP contribution in [0, 0.1) is 0 Å². The number of hydrogen-bond donors (Lipinski definition) is 3. The first kappa shape index (κ1) is 13.9. The highest BCUT2D eigenvalue weighted by molar-refractivity contribution is 7.92. The predicted molar refractivity (Wildman–Crippen MR) is 81.9 cm³/mol. The molecule has 21 heavy (non-hydrogen) atoms. The fourth-order valence-electron chi connectivity index (χ4n) is 2.69. The molecule has 0 saturated carbocycles. The second-order valence-corrected chi connectivity index (χ2v) is 7.74. The number of amides is 1. The van der Waals surface area contributed by atoms with Gasteiger partial charge < -0.3 is 16.0 Å². The van der Waals surface area contributed by atoms with Gasteiger partial charge in [-0.2, -0.15) is 0 Å². The first-order valence-electron chi connectivity index (χ1n) is 6.84. The number of aromatic amines is 1. The van der Waals surface area contributed by atoms with Crippen LogP contribution in [0.5, 0.6) is 0 Å². The van der Waals surface area contributed by atoms with E-state index in [2.05, 4.69) is 10.3 Å². The van der Waals surface area contributed by atoms with Gasteiger partial charge in [-0.1, -0.05) is 12.1 Å². The van der Waals surface area contributed by atoms with Crippen molar-refractivity contribution in [2.24, 2.45) is 0 Å². The van der Waals surface area contributed by atoms with Crippen LogP contribution in [0.25, 0.3) is 10.9 Å². The summed E-state index contributed by atoms with van der Waals surface area (Å²) in [5.74, 6) is -0.0936. The first-order valence-corrected chi connectivity index (χ1v) is 8.56. The van der Waals surface area contributed by atoms with Crippen LogP contribution >= 0.6 is 0 Å². The number of para-hydroxylation sites is 1. The van der Waals surface area contributed by atoms with E-state index < -0.39 is 15.1 Å². The minimum Gasteiger partial charge on any atom is -0.397 e. The maximum atomic E-state index is 12.1. The quantitative estimate of drug-likeness (QED) is 0.737. The molecule has 0 spiro atoms. The summed E-state index contributed by atoms with van der Waals surface area (Å²) in [6.07, 6.45) is 1.29. The lowest BCUT2D eigenvalue weighted by atomic mass is 10.2. The van der Waals surface area contributed by atoms with Gasteiger partial charge in [-0.15, -0.1) is 0 Å². The Morgan fingerprint density at radius 3 is 2.90 bits per heavy atom. The van der Waals surface area contributed by atoms with Gasteiger partial charge in [0.15, 0.2) is 9.84 Å². The summed E-state index contributed by atoms with van der Waals surface area (Å²) < 4.78 is 23.4. The predicted octanol–water partition coefficient (Wildman–Crippen LogP) is 1.06. The van der Waals surface area contributed by atoms with Crippen molar-refractivity contribution in [1.82, 2.24) is 10.3 Å². The Balaban J connectivity index is 1.74. The van der Waals surface area contributed by atoms with Crippen LogP contribution in [0.2, 0.25) is 0 Å². The van der Waals surface area contributed by atoms with Crippen molar-refractivity contribution < 1.29 is 13.2 Å². The molecule has 0 bridgehead atoms. The van der Waals surface area contributed by atoms with Crippen molar-refractivity contribution in [2.75, 3.05) is 18.0 Å². The molecule has 1 aromatic heterocycles. The molecular formula is C14H17N3O3S. The second kappa shape index (κ2) is 5.07. The summed E-state index contributed by atoms with van der Waals surface area (Å²) in [7, 11) is -3.04. The van der Waals surface area contributed by atoms with Gasteiger partial charge in [-0.25, -0.2) is 8.42 Å². The van der Waals surface area contributed by atoms with Crippen molar-refractivity contribution in [1.29, 1.82) is 0 Å². The zero-order valence-electron chi connectivity index (χ0n) is 11.4. The van der Waals surface area contributed by atoms with Gasteiger partial charge in [-0.3, -0.25) is 4.79 Å². The molecule has 4 N–H and O–H groups in total. The van der Waals surface area contributed by atoms with E-state index in [1.54, 1.807) is 12.1 Å². The Kier molecular flexibility index (Phi) is 3.36. The molecule has 0 radical (unpaired) electrons. The van der Waals surface area contributed by atoms with Gasteiger partial charge in [0, 0.05) is 11.9 Å². The molecule has 2 aromatic rings. The molecule has 1 aliphatic heterocycles. The smallest absolute Gasteiger partial charge is 0.267 e. The van der Waals surface area contributed by atoms with Gasteiger partial charge in [0.2, 0.25) is 0 Å².